The summed E-state index contributed by atoms with van der Waals surface area (Å²) in [6.07, 6.45) is 3.71. The topological polar surface area (TPSA) is 25.8 Å². The molecule has 0 amide bonds. The summed E-state index contributed by atoms with van der Waals surface area (Å²) in [7, 11) is 0. The predicted octanol–water partition coefficient (Wildman–Crippen LogP) is 14.0. The molecule has 0 atom stereocenters. The summed E-state index contributed by atoms with van der Waals surface area (Å²) < 4.78 is 1.17. The van der Waals surface area contributed by atoms with Gasteiger partial charge in [-0.3, -0.25) is 4.98 Å². The second-order valence-corrected chi connectivity index (χ2v) is 14.4. The lowest BCUT2D eigenvalue weighted by atomic mass is 9.93. The molecule has 2 aromatic heterocycles. The predicted molar refractivity (Wildman–Crippen MR) is 225 cm³/mol. The Hall–Kier alpha value is -6.68. The van der Waals surface area contributed by atoms with Gasteiger partial charge in [0.1, 0.15) is 5.01 Å². The molecule has 0 saturated heterocycles. The van der Waals surface area contributed by atoms with E-state index in [2.05, 4.69) is 181 Å². The Kier molecular flexibility index (Phi) is 7.71. The van der Waals surface area contributed by atoms with Crippen LogP contribution in [0.25, 0.3) is 98.0 Å². The number of hydrogen-bond donors (Lipinski definition) is 0. The molecule has 0 aliphatic heterocycles. The van der Waals surface area contributed by atoms with Crippen molar-refractivity contribution in [3.05, 3.63) is 194 Å². The molecule has 2 heterocycles. The second kappa shape index (κ2) is 13.1. The Labute approximate surface area is 312 Å². The Balaban J connectivity index is 1.07. The molecule has 0 saturated carbocycles. The van der Waals surface area contributed by atoms with Crippen LogP contribution in [0.3, 0.4) is 0 Å². The van der Waals surface area contributed by atoms with Crippen LogP contribution in [0.1, 0.15) is 0 Å². The fourth-order valence-corrected chi connectivity index (χ4v) is 8.54. The lowest BCUT2D eigenvalue weighted by Gasteiger charge is -2.11. The molecule has 0 aliphatic carbocycles. The summed E-state index contributed by atoms with van der Waals surface area (Å²) >= 11 is 1.75. The van der Waals surface area contributed by atoms with Crippen molar-refractivity contribution < 1.29 is 0 Å². The number of thiazole rings is 1. The van der Waals surface area contributed by atoms with Crippen LogP contribution in [-0.2, 0) is 0 Å². The van der Waals surface area contributed by atoms with E-state index in [0.29, 0.717) is 0 Å². The number of aromatic nitrogens is 2. The second-order valence-electron chi connectivity index (χ2n) is 13.4. The molecule has 10 rings (SSSR count). The van der Waals surface area contributed by atoms with Gasteiger partial charge in [0.05, 0.1) is 10.2 Å². The van der Waals surface area contributed by atoms with Gasteiger partial charge in [0, 0.05) is 23.5 Å². The first-order valence-electron chi connectivity index (χ1n) is 17.9. The average Bonchev–Trinajstić information content (AvgIpc) is 3.68. The summed E-state index contributed by atoms with van der Waals surface area (Å²) in [5.74, 6) is 0. The zero-order valence-electron chi connectivity index (χ0n) is 28.8. The van der Waals surface area contributed by atoms with Crippen molar-refractivity contribution in [2.45, 2.75) is 0 Å². The molecule has 0 aliphatic rings. The van der Waals surface area contributed by atoms with Gasteiger partial charge in [-0.25, -0.2) is 4.98 Å². The largest absolute Gasteiger partial charge is 0.264 e. The van der Waals surface area contributed by atoms with Gasteiger partial charge in [0.15, 0.2) is 0 Å². The zero-order valence-corrected chi connectivity index (χ0v) is 29.6. The maximum Gasteiger partial charge on any atom is 0.124 e. The van der Waals surface area contributed by atoms with E-state index in [1.165, 1.54) is 59.6 Å². The van der Waals surface area contributed by atoms with Gasteiger partial charge in [-0.2, -0.15) is 0 Å². The molecule has 2 nitrogen and oxygen atoms in total. The molecular weight excluding hydrogens is 661 g/mol. The van der Waals surface area contributed by atoms with E-state index in [-0.39, 0.29) is 0 Å². The van der Waals surface area contributed by atoms with Crippen molar-refractivity contribution in [2.75, 3.05) is 0 Å². The highest BCUT2D eigenvalue weighted by molar-refractivity contribution is 7.21. The molecule has 248 valence electrons. The van der Waals surface area contributed by atoms with Crippen molar-refractivity contribution in [1.82, 2.24) is 9.97 Å². The first-order valence-corrected chi connectivity index (χ1v) is 18.7. The normalized spacial score (nSPS) is 11.4. The Morgan fingerprint density at radius 3 is 1.45 bits per heavy atom. The van der Waals surface area contributed by atoms with E-state index in [1.54, 1.807) is 17.5 Å². The van der Waals surface area contributed by atoms with Crippen LogP contribution in [0.2, 0.25) is 0 Å². The van der Waals surface area contributed by atoms with Gasteiger partial charge in [-0.15, -0.1) is 11.3 Å². The number of rotatable bonds is 6. The first-order chi connectivity index (χ1) is 26.2. The van der Waals surface area contributed by atoms with Gasteiger partial charge in [-0.05, 0) is 89.8 Å². The lowest BCUT2D eigenvalue weighted by molar-refractivity contribution is 1.33. The van der Waals surface area contributed by atoms with Crippen LogP contribution in [0.5, 0.6) is 0 Å². The molecule has 8 aromatic carbocycles. The monoisotopic (exact) mass is 692 g/mol. The Morgan fingerprint density at radius 1 is 0.358 bits per heavy atom. The van der Waals surface area contributed by atoms with Gasteiger partial charge < -0.3 is 0 Å². The molecule has 53 heavy (non-hydrogen) atoms. The van der Waals surface area contributed by atoms with Crippen molar-refractivity contribution in [3.63, 3.8) is 0 Å². The summed E-state index contributed by atoms with van der Waals surface area (Å²) in [5, 5.41) is 6.04. The Bertz CT molecular complexity index is 2900. The number of fused-ring (bicyclic) bond motifs is 3. The maximum absolute atomic E-state index is 5.31. The third-order valence-electron chi connectivity index (χ3n) is 10.2. The molecule has 0 radical (unpaired) electrons. The van der Waals surface area contributed by atoms with E-state index in [9.17, 15) is 0 Å². The fourth-order valence-electron chi connectivity index (χ4n) is 7.50. The van der Waals surface area contributed by atoms with Crippen molar-refractivity contribution in [2.24, 2.45) is 0 Å². The minimum absolute atomic E-state index is 1.01. The third kappa shape index (κ3) is 5.78. The molecule has 0 fully saturated rings. The number of pyridine rings is 1. The van der Waals surface area contributed by atoms with Crippen LogP contribution in [0.15, 0.2) is 194 Å². The van der Waals surface area contributed by atoms with E-state index in [4.69, 9.17) is 4.98 Å². The molecule has 0 N–H and O–H groups in total. The number of benzene rings is 8. The van der Waals surface area contributed by atoms with Gasteiger partial charge in [-0.1, -0.05) is 164 Å². The highest BCUT2D eigenvalue weighted by atomic mass is 32.1. The van der Waals surface area contributed by atoms with E-state index >= 15 is 0 Å². The SMILES string of the molecule is c1cncc(-c2ccc(-c3nc4c(-c5ccc(-c6cccc7ccccc67)cc5)cc(-c5ccc(-c6cccc7ccccc67)cc5)cc4s3)cc2)c1. The van der Waals surface area contributed by atoms with Crippen LogP contribution in [-0.4, -0.2) is 9.97 Å². The van der Waals surface area contributed by atoms with Crippen LogP contribution >= 0.6 is 11.3 Å². The molecule has 0 bridgehead atoms. The summed E-state index contributed by atoms with van der Waals surface area (Å²) in [4.78, 5) is 9.61. The highest BCUT2D eigenvalue weighted by Crippen LogP contribution is 2.41. The van der Waals surface area contributed by atoms with Crippen LogP contribution in [0.4, 0.5) is 0 Å². The highest BCUT2D eigenvalue weighted by Gasteiger charge is 2.16. The summed E-state index contributed by atoms with van der Waals surface area (Å²) in [6, 6.07) is 65.6. The van der Waals surface area contributed by atoms with Crippen molar-refractivity contribution >= 4 is 43.1 Å². The standard InChI is InChI=1S/C50H32N2S/c1-3-13-43-35(8-1)10-5-15-45(43)37-21-17-34(18-22-37)42-30-47(39-25-23-38(24-26-39)46-16-6-11-36-9-2-4-14-44(36)46)49-48(31-42)53-50(52-49)40-27-19-33(20-28-40)41-12-7-29-51-32-41/h1-32H. The first kappa shape index (κ1) is 31.1. The quantitative estimate of drug-likeness (QED) is 0.173. The summed E-state index contributed by atoms with van der Waals surface area (Å²) in [5.41, 5.74) is 13.9. The van der Waals surface area contributed by atoms with Crippen molar-refractivity contribution in [1.29, 1.82) is 0 Å². The smallest absolute Gasteiger partial charge is 0.124 e. The Morgan fingerprint density at radius 2 is 0.868 bits per heavy atom. The van der Waals surface area contributed by atoms with Crippen LogP contribution < -0.4 is 0 Å². The van der Waals surface area contributed by atoms with Crippen LogP contribution in [0, 0.1) is 0 Å². The van der Waals surface area contributed by atoms with E-state index < -0.39 is 0 Å². The molecule has 0 unspecified atom stereocenters. The van der Waals surface area contributed by atoms with Gasteiger partial charge in [0.2, 0.25) is 0 Å². The van der Waals surface area contributed by atoms with Gasteiger partial charge >= 0.3 is 0 Å². The molecule has 0 spiro atoms. The molecular formula is C50H32N2S. The van der Waals surface area contributed by atoms with E-state index in [1.807, 2.05) is 12.3 Å². The average molecular weight is 693 g/mol. The summed E-state index contributed by atoms with van der Waals surface area (Å²) in [6.45, 7) is 0. The third-order valence-corrected chi connectivity index (χ3v) is 11.3. The molecule has 3 heteroatoms. The van der Waals surface area contributed by atoms with Gasteiger partial charge in [0.25, 0.3) is 0 Å². The fraction of sp³-hybridized carbons (Fsp3) is 0. The number of nitrogens with zero attached hydrogens (tertiary/aromatic N) is 2. The minimum Gasteiger partial charge on any atom is -0.264 e. The van der Waals surface area contributed by atoms with E-state index in [0.717, 1.165) is 38.3 Å². The number of hydrogen-bond acceptors (Lipinski definition) is 3. The lowest BCUT2D eigenvalue weighted by Crippen LogP contribution is -1.87. The zero-order chi connectivity index (χ0) is 35.1. The minimum atomic E-state index is 1.01. The maximum atomic E-state index is 5.31. The van der Waals surface area contributed by atoms with Crippen molar-refractivity contribution in [3.8, 4) is 66.2 Å². The molecule has 10 aromatic rings.